The molecule has 0 atom stereocenters. The molecule has 0 N–H and O–H groups in total. The van der Waals surface area contributed by atoms with Crippen molar-refractivity contribution >= 4 is 27.3 Å². The van der Waals surface area contributed by atoms with E-state index >= 15 is 0 Å². The fourth-order valence-electron chi connectivity index (χ4n) is 2.17. The Morgan fingerprint density at radius 2 is 2.19 bits per heavy atom. The van der Waals surface area contributed by atoms with Gasteiger partial charge in [-0.1, -0.05) is 19.9 Å². The van der Waals surface area contributed by atoms with Gasteiger partial charge in [0.05, 0.1) is 17.4 Å². The first kappa shape index (κ1) is 15.5. The third-order valence-corrected chi connectivity index (χ3v) is 4.15. The topological polar surface area (TPSA) is 44.1 Å². The van der Waals surface area contributed by atoms with Crippen LogP contribution in [-0.4, -0.2) is 23.9 Å². The molecule has 0 aliphatic rings. The van der Waals surface area contributed by atoms with Gasteiger partial charge < -0.3 is 4.90 Å². The first-order valence-electron chi connectivity index (χ1n) is 6.86. The Morgan fingerprint density at radius 1 is 1.43 bits per heavy atom. The summed E-state index contributed by atoms with van der Waals surface area (Å²) in [4.78, 5) is 14.9. The minimum absolute atomic E-state index is 0.0828. The zero-order valence-electron chi connectivity index (χ0n) is 12.1. The summed E-state index contributed by atoms with van der Waals surface area (Å²) in [6.45, 7) is 5.11. The SMILES string of the molecule is CC(C)CN(CCC#N)C(=O)c1cc2ccc(F)cc2s1. The minimum atomic E-state index is -0.299. The Balaban J connectivity index is 2.26. The molecule has 21 heavy (non-hydrogen) atoms. The zero-order valence-corrected chi connectivity index (χ0v) is 12.9. The number of hydrogen-bond acceptors (Lipinski definition) is 3. The lowest BCUT2D eigenvalue weighted by Crippen LogP contribution is -2.34. The van der Waals surface area contributed by atoms with Crippen molar-refractivity contribution in [1.29, 1.82) is 5.26 Å². The fourth-order valence-corrected chi connectivity index (χ4v) is 3.22. The van der Waals surface area contributed by atoms with Crippen molar-refractivity contribution < 1.29 is 9.18 Å². The molecule has 110 valence electrons. The molecule has 0 saturated carbocycles. The van der Waals surface area contributed by atoms with Crippen LogP contribution in [0.3, 0.4) is 0 Å². The Bertz CT molecular complexity index is 687. The number of thiophene rings is 1. The number of halogens is 1. The van der Waals surface area contributed by atoms with Crippen LogP contribution in [0.2, 0.25) is 0 Å². The van der Waals surface area contributed by atoms with Gasteiger partial charge in [-0.05, 0) is 29.5 Å². The number of nitrogens with zero attached hydrogens (tertiary/aromatic N) is 2. The normalized spacial score (nSPS) is 10.8. The summed E-state index contributed by atoms with van der Waals surface area (Å²) in [5, 5.41) is 9.59. The highest BCUT2D eigenvalue weighted by molar-refractivity contribution is 7.20. The van der Waals surface area contributed by atoms with E-state index in [1.165, 1.54) is 23.5 Å². The number of carbonyl (C=O) groups excluding carboxylic acids is 1. The molecular weight excluding hydrogens is 287 g/mol. The van der Waals surface area contributed by atoms with Gasteiger partial charge in [-0.3, -0.25) is 4.79 Å². The van der Waals surface area contributed by atoms with Crippen molar-refractivity contribution in [2.75, 3.05) is 13.1 Å². The van der Waals surface area contributed by atoms with Crippen LogP contribution in [0.1, 0.15) is 29.9 Å². The van der Waals surface area contributed by atoms with Gasteiger partial charge in [0.1, 0.15) is 5.82 Å². The average Bonchev–Trinajstić information content (AvgIpc) is 2.85. The van der Waals surface area contributed by atoms with Gasteiger partial charge >= 0.3 is 0 Å². The van der Waals surface area contributed by atoms with E-state index in [-0.39, 0.29) is 11.7 Å². The van der Waals surface area contributed by atoms with Crippen LogP contribution in [-0.2, 0) is 0 Å². The summed E-state index contributed by atoms with van der Waals surface area (Å²) >= 11 is 1.29. The maximum absolute atomic E-state index is 13.2. The maximum Gasteiger partial charge on any atom is 0.264 e. The smallest absolute Gasteiger partial charge is 0.264 e. The number of nitriles is 1. The second-order valence-electron chi connectivity index (χ2n) is 5.35. The van der Waals surface area contributed by atoms with Crippen LogP contribution in [0.5, 0.6) is 0 Å². The van der Waals surface area contributed by atoms with Crippen molar-refractivity contribution in [2.45, 2.75) is 20.3 Å². The number of hydrogen-bond donors (Lipinski definition) is 0. The van der Waals surface area contributed by atoms with Gasteiger partial charge in [0.15, 0.2) is 0 Å². The summed E-state index contributed by atoms with van der Waals surface area (Å²) in [5.74, 6) is -0.0492. The molecule has 0 spiro atoms. The third-order valence-electron chi connectivity index (χ3n) is 3.06. The Hall–Kier alpha value is -1.93. The van der Waals surface area contributed by atoms with Gasteiger partial charge in [-0.25, -0.2) is 4.39 Å². The molecule has 0 radical (unpaired) electrons. The summed E-state index contributed by atoms with van der Waals surface area (Å²) in [6, 6.07) is 8.38. The Kier molecular flexibility index (Phi) is 4.92. The molecule has 0 fully saturated rings. The Morgan fingerprint density at radius 3 is 2.86 bits per heavy atom. The first-order valence-corrected chi connectivity index (χ1v) is 7.68. The van der Waals surface area contributed by atoms with Crippen molar-refractivity contribution in [2.24, 2.45) is 5.92 Å². The maximum atomic E-state index is 13.2. The average molecular weight is 304 g/mol. The van der Waals surface area contributed by atoms with Crippen molar-refractivity contribution in [3.05, 3.63) is 35.0 Å². The molecule has 0 bridgehead atoms. The molecule has 1 heterocycles. The number of amides is 1. The van der Waals surface area contributed by atoms with E-state index in [1.54, 1.807) is 17.0 Å². The highest BCUT2D eigenvalue weighted by Gasteiger charge is 2.19. The summed E-state index contributed by atoms with van der Waals surface area (Å²) < 4.78 is 14.0. The number of rotatable bonds is 5. The van der Waals surface area contributed by atoms with E-state index in [2.05, 4.69) is 6.07 Å². The van der Waals surface area contributed by atoms with E-state index in [0.717, 1.165) is 10.1 Å². The van der Waals surface area contributed by atoms with Crippen LogP contribution in [0, 0.1) is 23.1 Å². The first-order chi connectivity index (χ1) is 10.0. The third kappa shape index (κ3) is 3.79. The number of benzene rings is 1. The molecule has 2 aromatic rings. The van der Waals surface area contributed by atoms with Crippen molar-refractivity contribution in [3.8, 4) is 6.07 Å². The van der Waals surface area contributed by atoms with Crippen molar-refractivity contribution in [3.63, 3.8) is 0 Å². The zero-order chi connectivity index (χ0) is 15.4. The molecular formula is C16H17FN2OS. The summed E-state index contributed by atoms with van der Waals surface area (Å²) in [5.41, 5.74) is 0. The fraction of sp³-hybridized carbons (Fsp3) is 0.375. The van der Waals surface area contributed by atoms with Gasteiger partial charge in [-0.2, -0.15) is 5.26 Å². The van der Waals surface area contributed by atoms with Crippen LogP contribution in [0.25, 0.3) is 10.1 Å². The van der Waals surface area contributed by atoms with E-state index in [0.29, 0.717) is 30.3 Å². The highest BCUT2D eigenvalue weighted by Crippen LogP contribution is 2.27. The molecule has 5 heteroatoms. The highest BCUT2D eigenvalue weighted by atomic mass is 32.1. The lowest BCUT2D eigenvalue weighted by atomic mass is 10.2. The van der Waals surface area contributed by atoms with E-state index in [1.807, 2.05) is 13.8 Å². The van der Waals surface area contributed by atoms with Crippen LogP contribution < -0.4 is 0 Å². The molecule has 0 aliphatic heterocycles. The monoisotopic (exact) mass is 304 g/mol. The van der Waals surface area contributed by atoms with Gasteiger partial charge in [0.25, 0.3) is 5.91 Å². The van der Waals surface area contributed by atoms with E-state index in [9.17, 15) is 9.18 Å². The lowest BCUT2D eigenvalue weighted by molar-refractivity contribution is 0.0745. The second kappa shape index (κ2) is 6.68. The van der Waals surface area contributed by atoms with E-state index < -0.39 is 0 Å². The van der Waals surface area contributed by atoms with Crippen molar-refractivity contribution in [1.82, 2.24) is 4.90 Å². The molecule has 1 aromatic carbocycles. The quantitative estimate of drug-likeness (QED) is 0.836. The molecule has 1 aromatic heterocycles. The van der Waals surface area contributed by atoms with Gasteiger partial charge in [-0.15, -0.1) is 11.3 Å². The second-order valence-corrected chi connectivity index (χ2v) is 6.43. The lowest BCUT2D eigenvalue weighted by Gasteiger charge is -2.22. The predicted octanol–water partition coefficient (Wildman–Crippen LogP) is 4.05. The summed E-state index contributed by atoms with van der Waals surface area (Å²) in [7, 11) is 0. The van der Waals surface area contributed by atoms with Crippen LogP contribution >= 0.6 is 11.3 Å². The largest absolute Gasteiger partial charge is 0.337 e. The van der Waals surface area contributed by atoms with Crippen LogP contribution in [0.15, 0.2) is 24.3 Å². The Labute approximate surface area is 127 Å². The molecule has 1 amide bonds. The molecule has 0 unspecified atom stereocenters. The molecule has 3 nitrogen and oxygen atoms in total. The standard InChI is InChI=1S/C16H17FN2OS/c1-11(2)10-19(7-3-6-18)16(20)15-8-12-4-5-13(17)9-14(12)21-15/h4-5,8-9,11H,3,7,10H2,1-2H3. The predicted molar refractivity (Wildman–Crippen MR) is 82.8 cm³/mol. The molecule has 0 saturated heterocycles. The number of carbonyl (C=O) groups is 1. The molecule has 2 rings (SSSR count). The number of fused-ring (bicyclic) bond motifs is 1. The molecule has 0 aliphatic carbocycles. The summed E-state index contributed by atoms with van der Waals surface area (Å²) in [6.07, 6.45) is 0.317. The van der Waals surface area contributed by atoms with Gasteiger partial charge in [0, 0.05) is 17.8 Å². The van der Waals surface area contributed by atoms with E-state index in [4.69, 9.17) is 5.26 Å². The minimum Gasteiger partial charge on any atom is -0.337 e. The van der Waals surface area contributed by atoms with Crippen LogP contribution in [0.4, 0.5) is 4.39 Å². The van der Waals surface area contributed by atoms with Gasteiger partial charge in [0.2, 0.25) is 0 Å².